The molecule has 1 amide bonds. The molecule has 20 heavy (non-hydrogen) atoms. The van der Waals surface area contributed by atoms with Crippen molar-refractivity contribution < 1.29 is 4.79 Å². The van der Waals surface area contributed by atoms with Crippen LogP contribution >= 0.6 is 11.8 Å². The molecule has 0 fully saturated rings. The number of nitrogens with one attached hydrogen (secondary N) is 1. The van der Waals surface area contributed by atoms with Gasteiger partial charge in [0.1, 0.15) is 5.54 Å². The highest BCUT2D eigenvalue weighted by atomic mass is 32.2. The zero-order valence-corrected chi connectivity index (χ0v) is 13.3. The number of hydrogen-bond acceptors (Lipinski definition) is 3. The van der Waals surface area contributed by atoms with Crippen molar-refractivity contribution in [2.75, 3.05) is 0 Å². The Balaban J connectivity index is 2.54. The van der Waals surface area contributed by atoms with E-state index >= 15 is 0 Å². The van der Waals surface area contributed by atoms with Gasteiger partial charge < -0.3 is 5.32 Å². The minimum absolute atomic E-state index is 0.0720. The Kier molecular flexibility index (Phi) is 6.09. The molecule has 0 aliphatic rings. The Hall–Kier alpha value is -1.47. The fourth-order valence-corrected chi connectivity index (χ4v) is 2.38. The molecule has 0 saturated carbocycles. The van der Waals surface area contributed by atoms with Crippen LogP contribution in [-0.4, -0.2) is 16.7 Å². The van der Waals surface area contributed by atoms with E-state index in [2.05, 4.69) is 11.4 Å². The second-order valence-corrected chi connectivity index (χ2v) is 6.73. The highest BCUT2D eigenvalue weighted by molar-refractivity contribution is 7.99. The Morgan fingerprint density at radius 3 is 2.45 bits per heavy atom. The van der Waals surface area contributed by atoms with E-state index in [0.717, 1.165) is 5.75 Å². The normalized spacial score (nSPS) is 15.2. The van der Waals surface area contributed by atoms with Crippen LogP contribution in [-0.2, 0) is 10.5 Å². The first-order valence-corrected chi connectivity index (χ1v) is 7.82. The van der Waals surface area contributed by atoms with Gasteiger partial charge in [-0.3, -0.25) is 4.79 Å². The van der Waals surface area contributed by atoms with Crippen molar-refractivity contribution in [1.29, 1.82) is 5.26 Å². The van der Waals surface area contributed by atoms with Crippen LogP contribution in [0.1, 0.15) is 33.3 Å². The number of nitriles is 1. The van der Waals surface area contributed by atoms with Crippen molar-refractivity contribution >= 4 is 17.7 Å². The van der Waals surface area contributed by atoms with Crippen molar-refractivity contribution in [1.82, 2.24) is 5.32 Å². The van der Waals surface area contributed by atoms with E-state index in [-0.39, 0.29) is 17.1 Å². The molecule has 3 nitrogen and oxygen atoms in total. The summed E-state index contributed by atoms with van der Waals surface area (Å²) >= 11 is 1.58. The molecule has 1 aromatic carbocycles. The van der Waals surface area contributed by atoms with Gasteiger partial charge in [0, 0.05) is 5.75 Å². The van der Waals surface area contributed by atoms with E-state index in [1.54, 1.807) is 18.7 Å². The Morgan fingerprint density at radius 2 is 1.95 bits per heavy atom. The predicted molar refractivity (Wildman–Crippen MR) is 84.2 cm³/mol. The van der Waals surface area contributed by atoms with E-state index in [4.69, 9.17) is 0 Å². The second-order valence-electron chi connectivity index (χ2n) is 5.40. The molecular weight excluding hydrogens is 268 g/mol. The molecule has 0 radical (unpaired) electrons. The van der Waals surface area contributed by atoms with Crippen LogP contribution in [0.25, 0.3) is 0 Å². The maximum absolute atomic E-state index is 12.2. The average Bonchev–Trinajstić information content (AvgIpc) is 2.45. The van der Waals surface area contributed by atoms with Gasteiger partial charge in [0.2, 0.25) is 5.91 Å². The molecule has 1 N–H and O–H groups in total. The lowest BCUT2D eigenvalue weighted by molar-refractivity contribution is -0.121. The van der Waals surface area contributed by atoms with E-state index in [0.29, 0.717) is 0 Å². The van der Waals surface area contributed by atoms with Crippen LogP contribution in [0.2, 0.25) is 0 Å². The van der Waals surface area contributed by atoms with Crippen LogP contribution < -0.4 is 5.32 Å². The van der Waals surface area contributed by atoms with Gasteiger partial charge in [-0.2, -0.15) is 5.26 Å². The summed E-state index contributed by atoms with van der Waals surface area (Å²) in [6.07, 6.45) is 0. The molecule has 0 aliphatic carbocycles. The maximum Gasteiger partial charge on any atom is 0.234 e. The molecular formula is C16H22N2OS. The first-order chi connectivity index (χ1) is 9.39. The van der Waals surface area contributed by atoms with Gasteiger partial charge in [-0.05, 0) is 25.3 Å². The zero-order chi connectivity index (χ0) is 15.2. The number of hydrogen-bond donors (Lipinski definition) is 1. The summed E-state index contributed by atoms with van der Waals surface area (Å²) in [7, 11) is 0. The van der Waals surface area contributed by atoms with Gasteiger partial charge >= 0.3 is 0 Å². The second kappa shape index (κ2) is 7.35. The van der Waals surface area contributed by atoms with Crippen molar-refractivity contribution in [2.45, 2.75) is 44.2 Å². The molecule has 2 atom stereocenters. The minimum Gasteiger partial charge on any atom is -0.337 e. The standard InChI is InChI=1S/C16H22N2OS/c1-12(2)16(4,11-17)18-15(19)13(3)20-10-14-8-6-5-7-9-14/h5-9,12-13H,10H2,1-4H3,(H,18,19). The van der Waals surface area contributed by atoms with Crippen molar-refractivity contribution in [2.24, 2.45) is 5.92 Å². The predicted octanol–water partition coefficient (Wildman–Crippen LogP) is 3.36. The number of benzene rings is 1. The summed E-state index contributed by atoms with van der Waals surface area (Å²) in [5, 5.41) is 11.9. The van der Waals surface area contributed by atoms with Gasteiger partial charge in [0.15, 0.2) is 0 Å². The number of carbonyl (C=O) groups excluding carboxylic acids is 1. The molecule has 0 aromatic heterocycles. The Labute approximate surface area is 125 Å². The quantitative estimate of drug-likeness (QED) is 0.874. The number of rotatable bonds is 6. The van der Waals surface area contributed by atoms with Gasteiger partial charge in [-0.25, -0.2) is 0 Å². The highest BCUT2D eigenvalue weighted by Crippen LogP contribution is 2.20. The Bertz CT molecular complexity index is 481. The summed E-state index contributed by atoms with van der Waals surface area (Å²) in [5.74, 6) is 0.784. The van der Waals surface area contributed by atoms with E-state index in [1.165, 1.54) is 5.56 Å². The van der Waals surface area contributed by atoms with Crippen LogP contribution in [0.15, 0.2) is 30.3 Å². The van der Waals surface area contributed by atoms with Crippen molar-refractivity contribution in [3.8, 4) is 6.07 Å². The maximum atomic E-state index is 12.2. The largest absolute Gasteiger partial charge is 0.337 e. The molecule has 0 bridgehead atoms. The van der Waals surface area contributed by atoms with Gasteiger partial charge in [0.25, 0.3) is 0 Å². The molecule has 108 valence electrons. The molecule has 0 aliphatic heterocycles. The van der Waals surface area contributed by atoms with Gasteiger partial charge in [0.05, 0.1) is 11.3 Å². The van der Waals surface area contributed by atoms with Gasteiger partial charge in [-0.15, -0.1) is 11.8 Å². The van der Waals surface area contributed by atoms with Crippen LogP contribution in [0, 0.1) is 17.2 Å². The van der Waals surface area contributed by atoms with Crippen molar-refractivity contribution in [3.05, 3.63) is 35.9 Å². The summed E-state index contributed by atoms with van der Waals surface area (Å²) in [6.45, 7) is 7.52. The summed E-state index contributed by atoms with van der Waals surface area (Å²) < 4.78 is 0. The third-order valence-electron chi connectivity index (χ3n) is 3.48. The molecule has 1 rings (SSSR count). The lowest BCUT2D eigenvalue weighted by Crippen LogP contribution is -2.51. The molecule has 4 heteroatoms. The summed E-state index contributed by atoms with van der Waals surface area (Å²) in [4.78, 5) is 12.2. The SMILES string of the molecule is CC(SCc1ccccc1)C(=O)NC(C)(C#N)C(C)C. The number of nitrogens with zero attached hydrogens (tertiary/aromatic N) is 1. The fraction of sp³-hybridized carbons (Fsp3) is 0.500. The zero-order valence-electron chi connectivity index (χ0n) is 12.5. The first kappa shape index (κ1) is 16.6. The molecule has 2 unspecified atom stereocenters. The topological polar surface area (TPSA) is 52.9 Å². The number of thioether (sulfide) groups is 1. The average molecular weight is 290 g/mol. The lowest BCUT2D eigenvalue weighted by Gasteiger charge is -2.28. The minimum atomic E-state index is -0.807. The first-order valence-electron chi connectivity index (χ1n) is 6.78. The molecule has 0 saturated heterocycles. The monoisotopic (exact) mass is 290 g/mol. The van der Waals surface area contributed by atoms with Gasteiger partial charge in [-0.1, -0.05) is 44.2 Å². The molecule has 1 aromatic rings. The third-order valence-corrected chi connectivity index (χ3v) is 4.70. The van der Waals surface area contributed by atoms with E-state index in [1.807, 2.05) is 51.1 Å². The van der Waals surface area contributed by atoms with E-state index < -0.39 is 5.54 Å². The summed E-state index contributed by atoms with van der Waals surface area (Å²) in [5.41, 5.74) is 0.391. The van der Waals surface area contributed by atoms with Crippen LogP contribution in [0.5, 0.6) is 0 Å². The highest BCUT2D eigenvalue weighted by Gasteiger charge is 2.31. The van der Waals surface area contributed by atoms with Crippen molar-refractivity contribution in [3.63, 3.8) is 0 Å². The number of carbonyl (C=O) groups is 1. The smallest absolute Gasteiger partial charge is 0.234 e. The Morgan fingerprint density at radius 1 is 1.35 bits per heavy atom. The van der Waals surface area contributed by atoms with Crippen LogP contribution in [0.3, 0.4) is 0 Å². The third kappa shape index (κ3) is 4.57. The molecule has 0 heterocycles. The summed E-state index contributed by atoms with van der Waals surface area (Å²) in [6, 6.07) is 12.3. The van der Waals surface area contributed by atoms with E-state index in [9.17, 15) is 10.1 Å². The van der Waals surface area contributed by atoms with Crippen LogP contribution in [0.4, 0.5) is 0 Å². The lowest BCUT2D eigenvalue weighted by atomic mass is 9.90. The number of amides is 1. The fourth-order valence-electron chi connectivity index (χ4n) is 1.53. The molecule has 0 spiro atoms.